The summed E-state index contributed by atoms with van der Waals surface area (Å²) in [4.78, 5) is 4.36. The molecule has 0 radical (unpaired) electrons. The molecule has 2 rings (SSSR count). The number of ether oxygens (including phenoxy) is 1. The zero-order valence-electron chi connectivity index (χ0n) is 11.1. The maximum Gasteiger partial charge on any atom is 0.198 e. The molecule has 0 aliphatic carbocycles. The molecule has 0 atom stereocenters. The van der Waals surface area contributed by atoms with Crippen LogP contribution in [-0.2, 0) is 0 Å². The summed E-state index contributed by atoms with van der Waals surface area (Å²) in [6.45, 7) is 1.97. The standard InChI is InChI=1S/C15H17N3O/c1-11-10-13(19-2)8-9-14(11)18-15(16)17-12-6-4-3-5-7-12/h3-10H,1-2H3,(H3,16,17,18). The highest BCUT2D eigenvalue weighted by atomic mass is 16.5. The lowest BCUT2D eigenvalue weighted by Crippen LogP contribution is -2.21. The van der Waals surface area contributed by atoms with E-state index < -0.39 is 0 Å². The number of benzene rings is 2. The molecule has 0 bridgehead atoms. The fraction of sp³-hybridized carbons (Fsp3) is 0.133. The van der Waals surface area contributed by atoms with Crippen LogP contribution in [0.1, 0.15) is 5.56 Å². The van der Waals surface area contributed by atoms with E-state index in [4.69, 9.17) is 10.5 Å². The van der Waals surface area contributed by atoms with Crippen LogP contribution < -0.4 is 15.8 Å². The van der Waals surface area contributed by atoms with E-state index >= 15 is 0 Å². The number of hydrogen-bond acceptors (Lipinski definition) is 2. The minimum Gasteiger partial charge on any atom is -0.497 e. The Morgan fingerprint density at radius 2 is 1.89 bits per heavy atom. The number of methoxy groups -OCH3 is 1. The van der Waals surface area contributed by atoms with Crippen molar-refractivity contribution in [2.75, 3.05) is 12.4 Å². The van der Waals surface area contributed by atoms with Crippen LogP contribution in [-0.4, -0.2) is 13.1 Å². The molecular formula is C15H17N3O. The molecule has 4 heteroatoms. The molecule has 3 N–H and O–H groups in total. The summed E-state index contributed by atoms with van der Waals surface area (Å²) in [7, 11) is 1.64. The summed E-state index contributed by atoms with van der Waals surface area (Å²) >= 11 is 0. The van der Waals surface area contributed by atoms with Gasteiger partial charge in [0.1, 0.15) is 5.75 Å². The van der Waals surface area contributed by atoms with Crippen LogP contribution in [0.25, 0.3) is 0 Å². The highest BCUT2D eigenvalue weighted by Gasteiger charge is 2.00. The molecule has 98 valence electrons. The third-order valence-electron chi connectivity index (χ3n) is 2.69. The monoisotopic (exact) mass is 255 g/mol. The van der Waals surface area contributed by atoms with E-state index in [2.05, 4.69) is 10.3 Å². The largest absolute Gasteiger partial charge is 0.497 e. The van der Waals surface area contributed by atoms with Gasteiger partial charge < -0.3 is 15.8 Å². The van der Waals surface area contributed by atoms with Gasteiger partial charge in [-0.05, 0) is 42.8 Å². The van der Waals surface area contributed by atoms with Crippen molar-refractivity contribution in [3.05, 3.63) is 54.1 Å². The smallest absolute Gasteiger partial charge is 0.198 e. The van der Waals surface area contributed by atoms with Gasteiger partial charge in [0.2, 0.25) is 0 Å². The number of aryl methyl sites for hydroxylation is 1. The first kappa shape index (κ1) is 13.0. The number of rotatable bonds is 3. The summed E-state index contributed by atoms with van der Waals surface area (Å²) in [5, 5.41) is 3.04. The molecule has 0 heterocycles. The van der Waals surface area contributed by atoms with Crippen molar-refractivity contribution < 1.29 is 4.74 Å². The van der Waals surface area contributed by atoms with Crippen LogP contribution in [0.4, 0.5) is 11.4 Å². The number of anilines is 1. The van der Waals surface area contributed by atoms with Crippen LogP contribution in [0.5, 0.6) is 5.75 Å². The van der Waals surface area contributed by atoms with Gasteiger partial charge in [-0.2, -0.15) is 0 Å². The summed E-state index contributed by atoms with van der Waals surface area (Å²) in [5.41, 5.74) is 8.63. The predicted molar refractivity (Wildman–Crippen MR) is 79.1 cm³/mol. The summed E-state index contributed by atoms with van der Waals surface area (Å²) in [6, 6.07) is 15.4. The molecule has 19 heavy (non-hydrogen) atoms. The van der Waals surface area contributed by atoms with Gasteiger partial charge in [-0.1, -0.05) is 18.2 Å². The van der Waals surface area contributed by atoms with Crippen molar-refractivity contribution in [1.82, 2.24) is 0 Å². The summed E-state index contributed by atoms with van der Waals surface area (Å²) < 4.78 is 5.16. The number of guanidine groups is 1. The van der Waals surface area contributed by atoms with E-state index in [-0.39, 0.29) is 0 Å². The van der Waals surface area contributed by atoms with Gasteiger partial charge in [0, 0.05) is 5.69 Å². The molecule has 2 aromatic carbocycles. The lowest BCUT2D eigenvalue weighted by Gasteiger charge is -2.07. The van der Waals surface area contributed by atoms with E-state index in [9.17, 15) is 0 Å². The Labute approximate surface area is 112 Å². The zero-order chi connectivity index (χ0) is 13.7. The number of para-hydroxylation sites is 1. The molecule has 0 aliphatic heterocycles. The minimum absolute atomic E-state index is 0.361. The van der Waals surface area contributed by atoms with Crippen molar-refractivity contribution in [2.24, 2.45) is 10.7 Å². The third-order valence-corrected chi connectivity index (χ3v) is 2.69. The minimum atomic E-state index is 0.361. The second kappa shape index (κ2) is 5.91. The van der Waals surface area contributed by atoms with E-state index in [1.54, 1.807) is 7.11 Å². The molecule has 0 spiro atoms. The lowest BCUT2D eigenvalue weighted by atomic mass is 10.2. The van der Waals surface area contributed by atoms with E-state index in [1.165, 1.54) is 0 Å². The number of nitrogens with one attached hydrogen (secondary N) is 1. The topological polar surface area (TPSA) is 59.6 Å². The average Bonchev–Trinajstić information content (AvgIpc) is 2.42. The molecule has 0 unspecified atom stereocenters. The lowest BCUT2D eigenvalue weighted by molar-refractivity contribution is 0.414. The van der Waals surface area contributed by atoms with Gasteiger partial charge in [0.25, 0.3) is 0 Å². The van der Waals surface area contributed by atoms with Crippen LogP contribution in [0.3, 0.4) is 0 Å². The molecule has 0 aliphatic rings. The maximum atomic E-state index is 5.88. The van der Waals surface area contributed by atoms with Crippen molar-refractivity contribution in [3.8, 4) is 5.75 Å². The second-order valence-electron chi connectivity index (χ2n) is 4.14. The van der Waals surface area contributed by atoms with Gasteiger partial charge in [0.05, 0.1) is 12.8 Å². The highest BCUT2D eigenvalue weighted by Crippen LogP contribution is 2.23. The Morgan fingerprint density at radius 3 is 2.53 bits per heavy atom. The van der Waals surface area contributed by atoms with Crippen LogP contribution in [0, 0.1) is 6.92 Å². The van der Waals surface area contributed by atoms with Gasteiger partial charge in [-0.25, -0.2) is 4.99 Å². The summed E-state index contributed by atoms with van der Waals surface area (Å²) in [6.07, 6.45) is 0. The van der Waals surface area contributed by atoms with Gasteiger partial charge >= 0.3 is 0 Å². The summed E-state index contributed by atoms with van der Waals surface area (Å²) in [5.74, 6) is 1.17. The van der Waals surface area contributed by atoms with Crippen molar-refractivity contribution >= 4 is 17.3 Å². The molecule has 0 saturated carbocycles. The fourth-order valence-electron chi connectivity index (χ4n) is 1.71. The van der Waals surface area contributed by atoms with Crippen LogP contribution in [0.2, 0.25) is 0 Å². The number of nitrogens with two attached hydrogens (primary N) is 1. The number of hydrogen-bond donors (Lipinski definition) is 2. The molecule has 2 aromatic rings. The first-order chi connectivity index (χ1) is 9.19. The van der Waals surface area contributed by atoms with Crippen LogP contribution in [0.15, 0.2) is 53.5 Å². The molecule has 4 nitrogen and oxygen atoms in total. The Kier molecular flexibility index (Phi) is 4.03. The molecule has 0 fully saturated rings. The Balaban J connectivity index is 2.16. The fourth-order valence-corrected chi connectivity index (χ4v) is 1.71. The molecule has 0 saturated heterocycles. The Bertz CT molecular complexity index is 579. The quantitative estimate of drug-likeness (QED) is 0.654. The van der Waals surface area contributed by atoms with E-state index in [0.717, 1.165) is 22.7 Å². The second-order valence-corrected chi connectivity index (χ2v) is 4.14. The molecule has 0 amide bonds. The first-order valence-electron chi connectivity index (χ1n) is 6.00. The molecule has 0 aromatic heterocycles. The molecular weight excluding hydrogens is 238 g/mol. The van der Waals surface area contributed by atoms with Crippen molar-refractivity contribution in [1.29, 1.82) is 0 Å². The number of aliphatic imine (C=N–C) groups is 1. The van der Waals surface area contributed by atoms with Gasteiger partial charge in [-0.3, -0.25) is 0 Å². The normalized spacial score (nSPS) is 11.2. The highest BCUT2D eigenvalue weighted by molar-refractivity contribution is 5.94. The van der Waals surface area contributed by atoms with Crippen molar-refractivity contribution in [3.63, 3.8) is 0 Å². The van der Waals surface area contributed by atoms with Crippen LogP contribution >= 0.6 is 0 Å². The Morgan fingerprint density at radius 1 is 1.16 bits per heavy atom. The SMILES string of the molecule is COc1ccc(N=C(N)Nc2ccccc2)c(C)c1. The van der Waals surface area contributed by atoms with Gasteiger partial charge in [0.15, 0.2) is 5.96 Å². The zero-order valence-corrected chi connectivity index (χ0v) is 11.1. The van der Waals surface area contributed by atoms with E-state index in [0.29, 0.717) is 5.96 Å². The van der Waals surface area contributed by atoms with E-state index in [1.807, 2.05) is 55.5 Å². The Hall–Kier alpha value is -2.49. The first-order valence-corrected chi connectivity index (χ1v) is 6.00. The maximum absolute atomic E-state index is 5.88. The van der Waals surface area contributed by atoms with Gasteiger partial charge in [-0.15, -0.1) is 0 Å². The third kappa shape index (κ3) is 3.48. The van der Waals surface area contributed by atoms with Crippen molar-refractivity contribution in [2.45, 2.75) is 6.92 Å². The number of nitrogens with zero attached hydrogens (tertiary/aromatic N) is 1. The average molecular weight is 255 g/mol. The predicted octanol–water partition coefficient (Wildman–Crippen LogP) is 3.06.